The van der Waals surface area contributed by atoms with Gasteiger partial charge in [-0.1, -0.05) is 43.7 Å². The molecule has 7 nitrogen and oxygen atoms in total. The molecule has 3 aromatic carbocycles. The fourth-order valence-electron chi connectivity index (χ4n) is 3.56. The third kappa shape index (κ3) is 6.28. The molecule has 3 rings (SSSR count). The molecule has 3 N–H and O–H groups in total. The summed E-state index contributed by atoms with van der Waals surface area (Å²) < 4.78 is 11.4. The Morgan fingerprint density at radius 2 is 1.59 bits per heavy atom. The van der Waals surface area contributed by atoms with Crippen LogP contribution in [0.4, 0.5) is 0 Å². The highest BCUT2D eigenvalue weighted by Crippen LogP contribution is 2.33. The molecule has 0 atom stereocenters. The minimum atomic E-state index is -1.21. The maximum absolute atomic E-state index is 12.8. The van der Waals surface area contributed by atoms with Gasteiger partial charge in [0, 0.05) is 24.5 Å². The lowest BCUT2D eigenvalue weighted by molar-refractivity contribution is 0.0693. The van der Waals surface area contributed by atoms with Gasteiger partial charge < -0.3 is 24.8 Å². The van der Waals surface area contributed by atoms with Crippen LogP contribution in [0.5, 0.6) is 23.0 Å². The summed E-state index contributed by atoms with van der Waals surface area (Å²) in [4.78, 5) is 23.7. The van der Waals surface area contributed by atoms with Crippen LogP contribution < -0.4 is 9.47 Å². The van der Waals surface area contributed by atoms with E-state index in [0.29, 0.717) is 36.5 Å². The van der Waals surface area contributed by atoms with Gasteiger partial charge >= 0.3 is 5.97 Å². The molecule has 0 bridgehead atoms. The molecule has 178 valence electrons. The Morgan fingerprint density at radius 3 is 2.26 bits per heavy atom. The normalized spacial score (nSPS) is 10.6. The van der Waals surface area contributed by atoms with Crippen molar-refractivity contribution in [3.63, 3.8) is 0 Å². The lowest BCUT2D eigenvalue weighted by atomic mass is 9.97. The largest absolute Gasteiger partial charge is 0.507 e. The molecule has 7 heteroatoms. The van der Waals surface area contributed by atoms with Gasteiger partial charge in [-0.25, -0.2) is 4.79 Å². The number of carbonyl (C=O) groups excluding carboxylic acids is 1. The van der Waals surface area contributed by atoms with Gasteiger partial charge in [0.15, 0.2) is 5.78 Å². The number of carbonyl (C=O) groups is 2. The van der Waals surface area contributed by atoms with Crippen LogP contribution in [0.3, 0.4) is 0 Å². The van der Waals surface area contributed by atoms with Crippen molar-refractivity contribution in [3.8, 4) is 23.0 Å². The van der Waals surface area contributed by atoms with Gasteiger partial charge in [-0.2, -0.15) is 0 Å². The van der Waals surface area contributed by atoms with Gasteiger partial charge in [-0.3, -0.25) is 4.79 Å². The summed E-state index contributed by atoms with van der Waals surface area (Å²) >= 11 is 0. The Bertz CT molecular complexity index is 1140. The number of aromatic hydroxyl groups is 2. The topological polar surface area (TPSA) is 113 Å². The molecule has 0 heterocycles. The number of phenols is 2. The van der Waals surface area contributed by atoms with Gasteiger partial charge in [0.25, 0.3) is 0 Å². The number of Topliss-reactive ketones (excluding diaryl/α,β-unsaturated/α-hetero) is 1. The average molecular weight is 465 g/mol. The number of ether oxygens (including phenoxy) is 2. The second kappa shape index (κ2) is 11.7. The van der Waals surface area contributed by atoms with Crippen molar-refractivity contribution in [3.05, 3.63) is 82.9 Å². The van der Waals surface area contributed by atoms with Crippen LogP contribution in [0, 0.1) is 0 Å². The van der Waals surface area contributed by atoms with Crippen LogP contribution in [-0.4, -0.2) is 40.3 Å². The van der Waals surface area contributed by atoms with E-state index in [1.165, 1.54) is 18.2 Å². The number of rotatable bonds is 12. The predicted molar refractivity (Wildman–Crippen MR) is 127 cm³/mol. The molecule has 0 radical (unpaired) electrons. The number of ketones is 1. The molecular formula is C27H28O7. The highest BCUT2D eigenvalue weighted by molar-refractivity contribution is 6.00. The van der Waals surface area contributed by atoms with Crippen LogP contribution in [0.1, 0.15) is 51.6 Å². The highest BCUT2D eigenvalue weighted by atomic mass is 16.5. The number of aromatic carboxylic acids is 1. The maximum Gasteiger partial charge on any atom is 0.339 e. The van der Waals surface area contributed by atoms with Crippen molar-refractivity contribution in [2.45, 2.75) is 32.6 Å². The minimum absolute atomic E-state index is 0.0365. The third-order valence-electron chi connectivity index (χ3n) is 5.26. The van der Waals surface area contributed by atoms with Gasteiger partial charge in [-0.15, -0.1) is 0 Å². The van der Waals surface area contributed by atoms with E-state index in [9.17, 15) is 19.8 Å². The summed E-state index contributed by atoms with van der Waals surface area (Å²) in [7, 11) is 0. The Kier molecular flexibility index (Phi) is 8.51. The molecule has 34 heavy (non-hydrogen) atoms. The van der Waals surface area contributed by atoms with E-state index in [2.05, 4.69) is 0 Å². The first kappa shape index (κ1) is 24.6. The fourth-order valence-corrected chi connectivity index (χ4v) is 3.56. The second-order valence-corrected chi connectivity index (χ2v) is 7.81. The molecule has 0 aliphatic rings. The number of phenolic OH excluding ortho intramolecular Hbond substituents is 1. The summed E-state index contributed by atoms with van der Waals surface area (Å²) in [6.07, 6.45) is 2.07. The number of carboxylic acid groups (broad SMARTS) is 1. The highest BCUT2D eigenvalue weighted by Gasteiger charge is 2.18. The van der Waals surface area contributed by atoms with E-state index in [1.54, 1.807) is 12.1 Å². The molecule has 0 unspecified atom stereocenters. The van der Waals surface area contributed by atoms with Crippen LogP contribution >= 0.6 is 0 Å². The number of benzene rings is 3. The van der Waals surface area contributed by atoms with Crippen molar-refractivity contribution >= 4 is 11.8 Å². The summed E-state index contributed by atoms with van der Waals surface area (Å²) in [5, 5.41) is 29.5. The molecule has 0 amide bonds. The van der Waals surface area contributed by atoms with E-state index in [4.69, 9.17) is 14.6 Å². The Morgan fingerprint density at radius 1 is 0.882 bits per heavy atom. The second-order valence-electron chi connectivity index (χ2n) is 7.81. The lowest BCUT2D eigenvalue weighted by Crippen LogP contribution is -2.09. The quantitative estimate of drug-likeness (QED) is 0.255. The Balaban J connectivity index is 1.59. The molecule has 0 saturated carbocycles. The van der Waals surface area contributed by atoms with Crippen molar-refractivity contribution in [2.24, 2.45) is 0 Å². The molecule has 0 fully saturated rings. The van der Waals surface area contributed by atoms with E-state index < -0.39 is 5.97 Å². The first-order valence-electron chi connectivity index (χ1n) is 11.1. The van der Waals surface area contributed by atoms with Crippen molar-refractivity contribution < 1.29 is 34.4 Å². The van der Waals surface area contributed by atoms with Crippen molar-refractivity contribution in [2.75, 3.05) is 13.2 Å². The van der Waals surface area contributed by atoms with Crippen LogP contribution in [-0.2, 0) is 12.8 Å². The zero-order valence-electron chi connectivity index (χ0n) is 19.0. The predicted octanol–water partition coefficient (Wildman–Crippen LogP) is 5.02. The number of hydrogen-bond donors (Lipinski definition) is 3. The summed E-state index contributed by atoms with van der Waals surface area (Å²) in [6, 6.07) is 16.7. The third-order valence-corrected chi connectivity index (χ3v) is 5.26. The smallest absolute Gasteiger partial charge is 0.339 e. The fraction of sp³-hybridized carbons (Fsp3) is 0.259. The van der Waals surface area contributed by atoms with Crippen molar-refractivity contribution in [1.82, 2.24) is 0 Å². The Labute approximate surface area is 198 Å². The van der Waals surface area contributed by atoms with Crippen molar-refractivity contribution in [1.29, 1.82) is 0 Å². The first-order chi connectivity index (χ1) is 16.4. The molecule has 0 saturated heterocycles. The maximum atomic E-state index is 12.8. The van der Waals surface area contributed by atoms with E-state index in [1.807, 2.05) is 37.3 Å². The summed E-state index contributed by atoms with van der Waals surface area (Å²) in [5.74, 6) is -0.880. The van der Waals surface area contributed by atoms with E-state index in [-0.39, 0.29) is 41.4 Å². The molecule has 0 aliphatic carbocycles. The van der Waals surface area contributed by atoms with E-state index >= 15 is 0 Å². The van der Waals surface area contributed by atoms with Gasteiger partial charge in [0.05, 0.1) is 18.8 Å². The van der Waals surface area contributed by atoms with Crippen LogP contribution in [0.2, 0.25) is 0 Å². The first-order valence-corrected chi connectivity index (χ1v) is 11.1. The molecule has 3 aromatic rings. The number of hydrogen-bond acceptors (Lipinski definition) is 6. The summed E-state index contributed by atoms with van der Waals surface area (Å²) in [5.41, 5.74) is 1.59. The van der Waals surface area contributed by atoms with Gasteiger partial charge in [0.2, 0.25) is 0 Å². The average Bonchev–Trinajstić information content (AvgIpc) is 2.81. The van der Waals surface area contributed by atoms with Crippen LogP contribution in [0.25, 0.3) is 0 Å². The summed E-state index contributed by atoms with van der Waals surface area (Å²) in [6.45, 7) is 2.59. The molecule has 0 spiro atoms. The molecular weight excluding hydrogens is 436 g/mol. The lowest BCUT2D eigenvalue weighted by Gasteiger charge is -2.15. The standard InChI is InChI=1S/C27H28O7/c1-2-7-22-25(13-12-20(26(22)30)23(28)16-18-8-4-3-5-9-18)34-15-6-14-33-19-10-11-21(27(31)32)24(29)17-19/h3-5,8-13,17,29-30H,2,6-7,14-16H2,1H3,(H,31,32). The number of carboxylic acids is 1. The minimum Gasteiger partial charge on any atom is -0.507 e. The van der Waals surface area contributed by atoms with E-state index in [0.717, 1.165) is 12.0 Å². The van der Waals surface area contributed by atoms with Gasteiger partial charge in [0.1, 0.15) is 28.6 Å². The van der Waals surface area contributed by atoms with Crippen LogP contribution in [0.15, 0.2) is 60.7 Å². The zero-order chi connectivity index (χ0) is 24.5. The SMILES string of the molecule is CCCc1c(OCCCOc2ccc(C(=O)O)c(O)c2)ccc(C(=O)Cc2ccccc2)c1O. The zero-order valence-corrected chi connectivity index (χ0v) is 19.0. The Hall–Kier alpha value is -4.00. The molecule has 0 aliphatic heterocycles. The monoisotopic (exact) mass is 464 g/mol. The molecule has 0 aromatic heterocycles. The van der Waals surface area contributed by atoms with Gasteiger partial charge in [-0.05, 0) is 36.2 Å².